The van der Waals surface area contributed by atoms with Crippen LogP contribution in [0.3, 0.4) is 0 Å². The fourth-order valence-corrected chi connectivity index (χ4v) is 3.69. The molecule has 2 aliphatic heterocycles. The van der Waals surface area contributed by atoms with Gasteiger partial charge in [-0.1, -0.05) is 0 Å². The van der Waals surface area contributed by atoms with Crippen LogP contribution in [0, 0.1) is 17.0 Å². The van der Waals surface area contributed by atoms with Crippen LogP contribution in [-0.4, -0.2) is 44.8 Å². The predicted molar refractivity (Wildman–Crippen MR) is 80.6 cm³/mol. The van der Waals surface area contributed by atoms with Crippen LogP contribution >= 0.6 is 0 Å². The molecule has 1 N–H and O–H groups in total. The summed E-state index contributed by atoms with van der Waals surface area (Å²) in [6.07, 6.45) is 3.46. The molecule has 1 aromatic rings. The van der Waals surface area contributed by atoms with Crippen molar-refractivity contribution in [3.63, 3.8) is 0 Å². The highest BCUT2D eigenvalue weighted by Crippen LogP contribution is 2.35. The second-order valence-corrected chi connectivity index (χ2v) is 6.36. The largest absolute Gasteiger partial charge is 0.360 e. The third-order valence-corrected chi connectivity index (χ3v) is 4.65. The summed E-state index contributed by atoms with van der Waals surface area (Å²) in [4.78, 5) is 13.6. The van der Waals surface area contributed by atoms with Gasteiger partial charge < -0.3 is 5.32 Å². The maximum Gasteiger partial charge on any atom is 0.333 e. The molecule has 0 radical (unpaired) electrons. The molecule has 21 heavy (non-hydrogen) atoms. The Kier molecular flexibility index (Phi) is 3.61. The first-order valence-corrected chi connectivity index (χ1v) is 7.73. The van der Waals surface area contributed by atoms with E-state index in [-0.39, 0.29) is 16.7 Å². The third kappa shape index (κ3) is 2.39. The summed E-state index contributed by atoms with van der Waals surface area (Å²) in [7, 11) is 0. The fraction of sp³-hybridized carbons (Fsp3) is 0.786. The average molecular weight is 293 g/mol. The van der Waals surface area contributed by atoms with Gasteiger partial charge in [-0.05, 0) is 46.6 Å². The van der Waals surface area contributed by atoms with Crippen molar-refractivity contribution in [2.24, 2.45) is 0 Å². The molecule has 0 aliphatic carbocycles. The van der Waals surface area contributed by atoms with Crippen LogP contribution in [0.2, 0.25) is 0 Å². The van der Waals surface area contributed by atoms with E-state index in [0.717, 1.165) is 19.5 Å². The van der Waals surface area contributed by atoms with Crippen molar-refractivity contribution in [1.82, 2.24) is 14.7 Å². The predicted octanol–water partition coefficient (Wildman–Crippen LogP) is 2.33. The van der Waals surface area contributed by atoms with Crippen LogP contribution in [-0.2, 0) is 0 Å². The Labute approximate surface area is 124 Å². The SMILES string of the molecule is Cc1nn(C(C)C)c(NC2CCN3CCCC23)c1[N+](=O)[O-]. The zero-order chi connectivity index (χ0) is 15.1. The van der Waals surface area contributed by atoms with Crippen LogP contribution < -0.4 is 5.32 Å². The molecule has 0 bridgehead atoms. The Morgan fingerprint density at radius 3 is 2.81 bits per heavy atom. The summed E-state index contributed by atoms with van der Waals surface area (Å²) in [5.41, 5.74) is 0.609. The van der Waals surface area contributed by atoms with Gasteiger partial charge in [-0.2, -0.15) is 5.10 Å². The van der Waals surface area contributed by atoms with Crippen LogP contribution in [0.4, 0.5) is 11.5 Å². The number of nitrogens with zero attached hydrogens (tertiary/aromatic N) is 4. The first-order valence-electron chi connectivity index (χ1n) is 7.73. The molecule has 2 atom stereocenters. The minimum Gasteiger partial charge on any atom is -0.360 e. The Morgan fingerprint density at radius 1 is 1.38 bits per heavy atom. The van der Waals surface area contributed by atoms with E-state index in [1.165, 1.54) is 12.8 Å². The summed E-state index contributed by atoms with van der Waals surface area (Å²) in [6, 6.07) is 0.904. The normalized spacial score (nSPS) is 25.5. The number of hydrogen-bond donors (Lipinski definition) is 1. The molecule has 7 heteroatoms. The zero-order valence-corrected chi connectivity index (χ0v) is 12.9. The minimum absolute atomic E-state index is 0.0981. The average Bonchev–Trinajstić information content (AvgIpc) is 3.05. The van der Waals surface area contributed by atoms with Gasteiger partial charge in [-0.15, -0.1) is 0 Å². The Hall–Kier alpha value is -1.63. The highest BCUT2D eigenvalue weighted by atomic mass is 16.6. The molecule has 0 saturated carbocycles. The van der Waals surface area contributed by atoms with Gasteiger partial charge in [0.05, 0.1) is 4.92 Å². The van der Waals surface area contributed by atoms with Crippen molar-refractivity contribution in [1.29, 1.82) is 0 Å². The molecule has 3 heterocycles. The summed E-state index contributed by atoms with van der Waals surface area (Å²) >= 11 is 0. The van der Waals surface area contributed by atoms with Gasteiger partial charge in [-0.3, -0.25) is 15.0 Å². The second kappa shape index (κ2) is 5.29. The molecule has 3 rings (SSSR count). The van der Waals surface area contributed by atoms with Crippen molar-refractivity contribution in [3.05, 3.63) is 15.8 Å². The van der Waals surface area contributed by atoms with E-state index >= 15 is 0 Å². The van der Waals surface area contributed by atoms with Crippen molar-refractivity contribution in [2.75, 3.05) is 18.4 Å². The number of fused-ring (bicyclic) bond motifs is 1. The molecular formula is C14H23N5O2. The number of aromatic nitrogens is 2. The van der Waals surface area contributed by atoms with Gasteiger partial charge in [0.2, 0.25) is 5.82 Å². The van der Waals surface area contributed by atoms with E-state index in [0.29, 0.717) is 23.6 Å². The van der Waals surface area contributed by atoms with E-state index in [2.05, 4.69) is 15.3 Å². The Bertz CT molecular complexity index is 554. The summed E-state index contributed by atoms with van der Waals surface area (Å²) < 4.78 is 1.76. The lowest BCUT2D eigenvalue weighted by molar-refractivity contribution is -0.384. The third-order valence-electron chi connectivity index (χ3n) is 4.65. The maximum atomic E-state index is 11.4. The molecule has 0 aromatic carbocycles. The van der Waals surface area contributed by atoms with Crippen LogP contribution in [0.5, 0.6) is 0 Å². The maximum absolute atomic E-state index is 11.4. The van der Waals surface area contributed by atoms with Gasteiger partial charge in [0, 0.05) is 24.7 Å². The molecule has 2 unspecified atom stereocenters. The lowest BCUT2D eigenvalue weighted by Gasteiger charge is -2.22. The highest BCUT2D eigenvalue weighted by molar-refractivity contribution is 5.60. The molecule has 116 valence electrons. The molecule has 2 saturated heterocycles. The monoisotopic (exact) mass is 293 g/mol. The number of anilines is 1. The van der Waals surface area contributed by atoms with Gasteiger partial charge in [0.15, 0.2) is 0 Å². The van der Waals surface area contributed by atoms with E-state index in [1.54, 1.807) is 11.6 Å². The summed E-state index contributed by atoms with van der Waals surface area (Å²) in [5, 5.41) is 19.2. The standard InChI is InChI=1S/C14H23N5O2/c1-9(2)18-14(13(19(20)21)10(3)16-18)15-11-6-8-17-7-4-5-12(11)17/h9,11-12,15H,4-8H2,1-3H3. The number of aryl methyl sites for hydroxylation is 1. The number of nitro groups is 1. The van der Waals surface area contributed by atoms with Gasteiger partial charge in [-0.25, -0.2) is 4.68 Å². The fourth-order valence-electron chi connectivity index (χ4n) is 3.69. The van der Waals surface area contributed by atoms with Crippen molar-refractivity contribution >= 4 is 11.5 Å². The number of nitrogens with one attached hydrogen (secondary N) is 1. The van der Waals surface area contributed by atoms with Gasteiger partial charge >= 0.3 is 5.69 Å². The zero-order valence-electron chi connectivity index (χ0n) is 12.9. The quantitative estimate of drug-likeness (QED) is 0.681. The van der Waals surface area contributed by atoms with E-state index in [9.17, 15) is 10.1 Å². The lowest BCUT2D eigenvalue weighted by Crippen LogP contribution is -2.34. The molecular weight excluding hydrogens is 270 g/mol. The molecule has 2 aliphatic rings. The minimum atomic E-state index is -0.315. The van der Waals surface area contributed by atoms with Gasteiger partial charge in [0.25, 0.3) is 0 Å². The number of rotatable bonds is 4. The Morgan fingerprint density at radius 2 is 2.14 bits per heavy atom. The molecule has 0 amide bonds. The lowest BCUT2D eigenvalue weighted by atomic mass is 10.1. The van der Waals surface area contributed by atoms with E-state index < -0.39 is 0 Å². The first-order chi connectivity index (χ1) is 9.99. The second-order valence-electron chi connectivity index (χ2n) is 6.36. The molecule has 7 nitrogen and oxygen atoms in total. The first kappa shape index (κ1) is 14.3. The summed E-state index contributed by atoms with van der Waals surface area (Å²) in [6.45, 7) is 7.95. The van der Waals surface area contributed by atoms with Gasteiger partial charge in [0.1, 0.15) is 5.69 Å². The van der Waals surface area contributed by atoms with E-state index in [1.807, 2.05) is 13.8 Å². The number of hydrogen-bond acceptors (Lipinski definition) is 5. The van der Waals surface area contributed by atoms with Crippen LogP contribution in [0.15, 0.2) is 0 Å². The van der Waals surface area contributed by atoms with Crippen molar-refractivity contribution < 1.29 is 4.92 Å². The molecule has 1 aromatic heterocycles. The molecule has 0 spiro atoms. The van der Waals surface area contributed by atoms with Crippen molar-refractivity contribution in [2.45, 2.75) is 58.2 Å². The topological polar surface area (TPSA) is 76.2 Å². The summed E-state index contributed by atoms with van der Waals surface area (Å²) in [5.74, 6) is 0.575. The van der Waals surface area contributed by atoms with Crippen LogP contribution in [0.25, 0.3) is 0 Å². The van der Waals surface area contributed by atoms with Crippen molar-refractivity contribution in [3.8, 4) is 0 Å². The Balaban J connectivity index is 1.91. The smallest absolute Gasteiger partial charge is 0.333 e. The molecule has 2 fully saturated rings. The highest BCUT2D eigenvalue weighted by Gasteiger charge is 2.39. The van der Waals surface area contributed by atoms with E-state index in [4.69, 9.17) is 0 Å². The van der Waals surface area contributed by atoms with Crippen LogP contribution in [0.1, 0.15) is 44.8 Å².